The molecule has 0 bridgehead atoms. The van der Waals surface area contributed by atoms with Gasteiger partial charge >= 0.3 is 0 Å². The minimum absolute atomic E-state index is 0.00718. The predicted molar refractivity (Wildman–Crippen MR) is 163 cm³/mol. The number of allylic oxidation sites excluding steroid dienone is 10. The fourth-order valence-corrected chi connectivity index (χ4v) is 4.38. The van der Waals surface area contributed by atoms with Gasteiger partial charge in [0, 0.05) is 11.1 Å². The molecule has 0 aliphatic heterocycles. The van der Waals surface area contributed by atoms with Crippen molar-refractivity contribution >= 4 is 0 Å². The van der Waals surface area contributed by atoms with Crippen molar-refractivity contribution < 1.29 is 19.7 Å². The van der Waals surface area contributed by atoms with Crippen LogP contribution in [0, 0.1) is 6.92 Å². The summed E-state index contributed by atoms with van der Waals surface area (Å²) in [4.78, 5) is 0. The van der Waals surface area contributed by atoms with Gasteiger partial charge in [-0.1, -0.05) is 58.2 Å². The zero-order valence-electron chi connectivity index (χ0n) is 25.5. The van der Waals surface area contributed by atoms with Crippen LogP contribution in [0.1, 0.15) is 104 Å². The number of ether oxygens (including phenoxy) is 2. The molecule has 1 aromatic rings. The molecule has 4 nitrogen and oxygen atoms in total. The van der Waals surface area contributed by atoms with Crippen molar-refractivity contribution in [1.29, 1.82) is 0 Å². The lowest BCUT2D eigenvalue weighted by molar-refractivity contribution is 0.314. The largest absolute Gasteiger partial charge is 0.504 e. The average Bonchev–Trinajstić information content (AvgIpc) is 2.85. The Hall–Kier alpha value is -2.88. The van der Waals surface area contributed by atoms with Crippen molar-refractivity contribution in [2.75, 3.05) is 14.2 Å². The van der Waals surface area contributed by atoms with E-state index in [2.05, 4.69) is 71.9 Å². The van der Waals surface area contributed by atoms with Crippen molar-refractivity contribution in [3.05, 3.63) is 69.4 Å². The van der Waals surface area contributed by atoms with Gasteiger partial charge in [0.25, 0.3) is 0 Å². The minimum Gasteiger partial charge on any atom is -0.504 e. The average molecular weight is 525 g/mol. The summed E-state index contributed by atoms with van der Waals surface area (Å²) in [6.45, 7) is 14.9. The molecule has 0 aliphatic carbocycles. The molecule has 0 atom stereocenters. The summed E-state index contributed by atoms with van der Waals surface area (Å²) < 4.78 is 10.5. The van der Waals surface area contributed by atoms with Crippen LogP contribution in [-0.2, 0) is 6.42 Å². The Morgan fingerprint density at radius 1 is 0.579 bits per heavy atom. The molecule has 0 unspecified atom stereocenters. The lowest BCUT2D eigenvalue weighted by atomic mass is 9.99. The highest BCUT2D eigenvalue weighted by atomic mass is 16.5. The normalized spacial score (nSPS) is 13.1. The van der Waals surface area contributed by atoms with E-state index in [9.17, 15) is 10.2 Å². The van der Waals surface area contributed by atoms with E-state index in [1.165, 1.54) is 42.1 Å². The zero-order valence-corrected chi connectivity index (χ0v) is 25.5. The summed E-state index contributed by atoms with van der Waals surface area (Å²) >= 11 is 0. The number of phenolic OH excluding ortho intramolecular Hbond substituents is 2. The van der Waals surface area contributed by atoms with Gasteiger partial charge in [0.2, 0.25) is 11.5 Å². The van der Waals surface area contributed by atoms with Gasteiger partial charge in [-0.2, -0.15) is 0 Å². The molecule has 212 valence electrons. The maximum absolute atomic E-state index is 10.6. The van der Waals surface area contributed by atoms with Crippen molar-refractivity contribution in [3.8, 4) is 23.0 Å². The molecular formula is C34H52O4. The van der Waals surface area contributed by atoms with E-state index in [-0.39, 0.29) is 23.0 Å². The van der Waals surface area contributed by atoms with E-state index in [0.29, 0.717) is 17.5 Å². The smallest absolute Gasteiger partial charge is 0.207 e. The van der Waals surface area contributed by atoms with Crippen LogP contribution < -0.4 is 9.47 Å². The first-order valence-corrected chi connectivity index (χ1v) is 13.9. The van der Waals surface area contributed by atoms with Crippen molar-refractivity contribution in [1.82, 2.24) is 0 Å². The summed E-state index contributed by atoms with van der Waals surface area (Å²) in [7, 11) is 2.90. The Labute approximate surface area is 232 Å². The van der Waals surface area contributed by atoms with Gasteiger partial charge in [-0.15, -0.1) is 0 Å². The van der Waals surface area contributed by atoms with Gasteiger partial charge in [-0.25, -0.2) is 0 Å². The molecule has 1 rings (SSSR count). The van der Waals surface area contributed by atoms with Crippen LogP contribution in [0.5, 0.6) is 23.0 Å². The molecule has 0 amide bonds. The molecule has 2 N–H and O–H groups in total. The van der Waals surface area contributed by atoms with Gasteiger partial charge in [0.15, 0.2) is 11.5 Å². The summed E-state index contributed by atoms with van der Waals surface area (Å²) in [5.41, 5.74) is 8.31. The second-order valence-electron chi connectivity index (χ2n) is 10.7. The Morgan fingerprint density at radius 3 is 1.34 bits per heavy atom. The summed E-state index contributed by atoms with van der Waals surface area (Å²) in [6.07, 6.45) is 20.8. The quantitative estimate of drug-likeness (QED) is 0.167. The molecule has 1 aromatic carbocycles. The van der Waals surface area contributed by atoms with E-state index in [1.807, 2.05) is 0 Å². The first-order chi connectivity index (χ1) is 18.0. The fourth-order valence-electron chi connectivity index (χ4n) is 4.38. The van der Waals surface area contributed by atoms with Crippen LogP contribution in [0.3, 0.4) is 0 Å². The van der Waals surface area contributed by atoms with Crippen molar-refractivity contribution in [2.45, 2.75) is 106 Å². The second-order valence-corrected chi connectivity index (χ2v) is 10.7. The van der Waals surface area contributed by atoms with Crippen molar-refractivity contribution in [3.63, 3.8) is 0 Å². The molecule has 0 fully saturated rings. The van der Waals surface area contributed by atoms with Gasteiger partial charge in [-0.3, -0.25) is 0 Å². The van der Waals surface area contributed by atoms with E-state index in [0.717, 1.165) is 51.4 Å². The molecule has 38 heavy (non-hydrogen) atoms. The first kappa shape index (κ1) is 33.1. The van der Waals surface area contributed by atoms with Crippen LogP contribution >= 0.6 is 0 Å². The van der Waals surface area contributed by atoms with Gasteiger partial charge < -0.3 is 19.7 Å². The molecule has 0 aliphatic rings. The maximum atomic E-state index is 10.6. The summed E-state index contributed by atoms with van der Waals surface area (Å²) in [5, 5.41) is 21.1. The van der Waals surface area contributed by atoms with Crippen LogP contribution in [0.4, 0.5) is 0 Å². The Balaban J connectivity index is 2.51. The highest BCUT2D eigenvalue weighted by molar-refractivity contribution is 5.66. The molecule has 0 spiro atoms. The lowest BCUT2D eigenvalue weighted by Gasteiger charge is -2.17. The third kappa shape index (κ3) is 11.7. The van der Waals surface area contributed by atoms with Crippen molar-refractivity contribution in [2.24, 2.45) is 0 Å². The SMILES string of the molecule is COc1c(O)c(C)c(C/C=C(\C)CC/C=C(\C)CC/C=C(\C)CC/C=C(\C)CCC=C(C)C)c(O)c1OC. The number of benzene rings is 1. The third-order valence-corrected chi connectivity index (χ3v) is 6.98. The highest BCUT2D eigenvalue weighted by Gasteiger charge is 2.22. The molecule has 0 heterocycles. The number of phenols is 2. The third-order valence-electron chi connectivity index (χ3n) is 6.98. The van der Waals surface area contributed by atoms with E-state index >= 15 is 0 Å². The van der Waals surface area contributed by atoms with Crippen LogP contribution in [-0.4, -0.2) is 24.4 Å². The zero-order chi connectivity index (χ0) is 28.7. The number of aromatic hydroxyl groups is 2. The Kier molecular flexibility index (Phi) is 15.3. The second kappa shape index (κ2) is 17.6. The Morgan fingerprint density at radius 2 is 0.947 bits per heavy atom. The van der Waals surface area contributed by atoms with E-state index in [4.69, 9.17) is 9.47 Å². The minimum atomic E-state index is 0.00718. The van der Waals surface area contributed by atoms with Crippen LogP contribution in [0.25, 0.3) is 0 Å². The van der Waals surface area contributed by atoms with Crippen LogP contribution in [0.15, 0.2) is 58.2 Å². The van der Waals surface area contributed by atoms with E-state index < -0.39 is 0 Å². The molecule has 0 saturated heterocycles. The van der Waals surface area contributed by atoms with Gasteiger partial charge in [-0.05, 0) is 106 Å². The summed E-state index contributed by atoms with van der Waals surface area (Å²) in [6, 6.07) is 0. The molecular weight excluding hydrogens is 472 g/mol. The lowest BCUT2D eigenvalue weighted by Crippen LogP contribution is -1.98. The van der Waals surface area contributed by atoms with E-state index in [1.54, 1.807) is 6.92 Å². The summed E-state index contributed by atoms with van der Waals surface area (Å²) in [5.74, 6) is 0.359. The topological polar surface area (TPSA) is 58.9 Å². The van der Waals surface area contributed by atoms with Gasteiger partial charge in [0.05, 0.1) is 14.2 Å². The number of hydrogen-bond acceptors (Lipinski definition) is 4. The maximum Gasteiger partial charge on any atom is 0.207 e. The van der Waals surface area contributed by atoms with Gasteiger partial charge in [0.1, 0.15) is 0 Å². The molecule has 0 saturated carbocycles. The number of methoxy groups -OCH3 is 2. The molecule has 4 heteroatoms. The molecule has 0 radical (unpaired) electrons. The number of hydrogen-bond donors (Lipinski definition) is 2. The number of rotatable bonds is 16. The monoisotopic (exact) mass is 524 g/mol. The molecule has 0 aromatic heterocycles. The fraction of sp³-hybridized carbons (Fsp3) is 0.529. The first-order valence-electron chi connectivity index (χ1n) is 13.9. The van der Waals surface area contributed by atoms with Crippen LogP contribution in [0.2, 0.25) is 0 Å². The Bertz CT molecular complexity index is 1050. The highest BCUT2D eigenvalue weighted by Crippen LogP contribution is 2.48. The standard InChI is InChI=1S/C34H52O4/c1-24(2)14-10-15-25(3)16-11-17-26(4)18-12-19-27(5)20-13-21-28(6)22-23-30-29(7)31(35)33(37-8)34(38-9)32(30)36/h14,16,18,20,22,35-36H,10-13,15,17,19,21,23H2,1-9H3/b25-16+,26-18+,27-20+,28-22+. The predicted octanol–water partition coefficient (Wildman–Crippen LogP) is 9.84.